The number of rotatable bonds is 5. The highest BCUT2D eigenvalue weighted by molar-refractivity contribution is 5.67. The summed E-state index contributed by atoms with van der Waals surface area (Å²) >= 11 is 0. The lowest BCUT2D eigenvalue weighted by Gasteiger charge is -2.31. The molecule has 3 rings (SSSR count). The quantitative estimate of drug-likeness (QED) is 0.916. The van der Waals surface area contributed by atoms with E-state index < -0.39 is 0 Å². The Morgan fingerprint density at radius 1 is 1.33 bits per heavy atom. The van der Waals surface area contributed by atoms with Crippen molar-refractivity contribution in [2.24, 2.45) is 0 Å². The summed E-state index contributed by atoms with van der Waals surface area (Å²) in [4.78, 5) is 13.5. The van der Waals surface area contributed by atoms with Crippen LogP contribution in [0.1, 0.15) is 25.3 Å². The number of carbonyl (C=O) groups excluding carboxylic acids is 1. The number of nitrogens with one attached hydrogen (secondary N) is 1. The van der Waals surface area contributed by atoms with Gasteiger partial charge in [-0.3, -0.25) is 0 Å². The van der Waals surface area contributed by atoms with Crippen molar-refractivity contribution in [2.75, 3.05) is 19.7 Å². The number of carbonyl (C=O) groups is 1. The minimum Gasteiger partial charge on any atom is -0.450 e. The van der Waals surface area contributed by atoms with Gasteiger partial charge in [-0.25, -0.2) is 9.48 Å². The Kier molecular flexibility index (Phi) is 5.48. The topological polar surface area (TPSA) is 59.4 Å². The Morgan fingerprint density at radius 2 is 2.17 bits per heavy atom. The molecule has 128 valence electrons. The van der Waals surface area contributed by atoms with Crippen LogP contribution in [-0.4, -0.2) is 46.5 Å². The van der Waals surface area contributed by atoms with Gasteiger partial charge in [0.2, 0.25) is 0 Å². The highest BCUT2D eigenvalue weighted by atomic mass is 16.6. The highest BCUT2D eigenvalue weighted by Gasteiger charge is 2.23. The molecule has 1 aliphatic heterocycles. The summed E-state index contributed by atoms with van der Waals surface area (Å²) < 4.78 is 6.92. The molecule has 0 saturated carbocycles. The summed E-state index contributed by atoms with van der Waals surface area (Å²) in [6.45, 7) is 4.60. The third-order valence-corrected chi connectivity index (χ3v) is 4.30. The van der Waals surface area contributed by atoms with Crippen LogP contribution in [0.5, 0.6) is 0 Å². The molecule has 1 aromatic heterocycles. The molecular weight excluding hydrogens is 304 g/mol. The monoisotopic (exact) mass is 328 g/mol. The van der Waals surface area contributed by atoms with Crippen molar-refractivity contribution in [3.8, 4) is 5.69 Å². The minimum atomic E-state index is -0.192. The molecule has 0 atom stereocenters. The SMILES string of the molecule is CCOC(=O)N1CCC(NCc2cccc(-n3cccn3)c2)CC1. The smallest absolute Gasteiger partial charge is 0.409 e. The van der Waals surface area contributed by atoms with Gasteiger partial charge >= 0.3 is 6.09 Å². The van der Waals surface area contributed by atoms with Crippen LogP contribution in [0.3, 0.4) is 0 Å². The molecule has 24 heavy (non-hydrogen) atoms. The van der Waals surface area contributed by atoms with Crippen molar-refractivity contribution < 1.29 is 9.53 Å². The van der Waals surface area contributed by atoms with E-state index in [4.69, 9.17) is 4.74 Å². The Labute approximate surface area is 142 Å². The maximum absolute atomic E-state index is 11.7. The average molecular weight is 328 g/mol. The number of piperidine rings is 1. The molecule has 1 saturated heterocycles. The van der Waals surface area contributed by atoms with E-state index in [1.807, 2.05) is 29.9 Å². The van der Waals surface area contributed by atoms with Gasteiger partial charge < -0.3 is 15.0 Å². The Hall–Kier alpha value is -2.34. The molecule has 2 aromatic rings. The van der Waals surface area contributed by atoms with Gasteiger partial charge in [0.25, 0.3) is 0 Å². The number of ether oxygens (including phenoxy) is 1. The van der Waals surface area contributed by atoms with Crippen molar-refractivity contribution in [2.45, 2.75) is 32.4 Å². The van der Waals surface area contributed by atoms with Crippen LogP contribution in [0.4, 0.5) is 4.79 Å². The zero-order chi connectivity index (χ0) is 16.8. The zero-order valence-electron chi connectivity index (χ0n) is 14.0. The lowest BCUT2D eigenvalue weighted by molar-refractivity contribution is 0.0950. The number of hydrogen-bond donors (Lipinski definition) is 1. The third-order valence-electron chi connectivity index (χ3n) is 4.30. The molecule has 1 N–H and O–H groups in total. The van der Waals surface area contributed by atoms with E-state index in [9.17, 15) is 4.79 Å². The maximum Gasteiger partial charge on any atom is 0.409 e. The number of hydrogen-bond acceptors (Lipinski definition) is 4. The van der Waals surface area contributed by atoms with Gasteiger partial charge in [0.05, 0.1) is 12.3 Å². The predicted molar refractivity (Wildman–Crippen MR) is 92.0 cm³/mol. The van der Waals surface area contributed by atoms with Gasteiger partial charge in [-0.05, 0) is 43.5 Å². The molecule has 0 unspecified atom stereocenters. The first-order chi connectivity index (χ1) is 11.8. The third kappa shape index (κ3) is 4.14. The minimum absolute atomic E-state index is 0.192. The Balaban J connectivity index is 1.49. The standard InChI is InChI=1S/C18H24N4O2/c1-2-24-18(23)21-11-7-16(8-12-21)19-14-15-5-3-6-17(13-15)22-10-4-9-20-22/h3-6,9-10,13,16,19H,2,7-8,11-12,14H2,1H3. The predicted octanol–water partition coefficient (Wildman–Crippen LogP) is 2.58. The van der Waals surface area contributed by atoms with Crippen LogP contribution in [0.25, 0.3) is 5.69 Å². The molecule has 0 aliphatic carbocycles. The number of amides is 1. The zero-order valence-corrected chi connectivity index (χ0v) is 14.0. The van der Waals surface area contributed by atoms with Crippen LogP contribution in [0.15, 0.2) is 42.7 Å². The fraction of sp³-hybridized carbons (Fsp3) is 0.444. The Bertz CT molecular complexity index is 649. The lowest BCUT2D eigenvalue weighted by Crippen LogP contribution is -2.44. The van der Waals surface area contributed by atoms with Crippen LogP contribution >= 0.6 is 0 Å². The second kappa shape index (κ2) is 7.97. The average Bonchev–Trinajstić information content (AvgIpc) is 3.16. The number of benzene rings is 1. The first-order valence-electron chi connectivity index (χ1n) is 8.50. The highest BCUT2D eigenvalue weighted by Crippen LogP contribution is 2.14. The number of likely N-dealkylation sites (tertiary alicyclic amines) is 1. The first-order valence-corrected chi connectivity index (χ1v) is 8.50. The molecule has 1 amide bonds. The molecular formula is C18H24N4O2. The molecule has 2 heterocycles. The fourth-order valence-corrected chi connectivity index (χ4v) is 2.97. The molecule has 1 aliphatic rings. The normalized spacial score (nSPS) is 15.5. The van der Waals surface area contributed by atoms with E-state index in [0.717, 1.165) is 38.2 Å². The molecule has 6 heteroatoms. The molecule has 0 radical (unpaired) electrons. The van der Waals surface area contributed by atoms with E-state index in [-0.39, 0.29) is 6.09 Å². The van der Waals surface area contributed by atoms with Gasteiger partial charge in [0.1, 0.15) is 0 Å². The van der Waals surface area contributed by atoms with Gasteiger partial charge in [-0.15, -0.1) is 0 Å². The molecule has 1 aromatic carbocycles. The van der Waals surface area contributed by atoms with Crippen LogP contribution in [0.2, 0.25) is 0 Å². The van der Waals surface area contributed by atoms with Crippen molar-refractivity contribution in [3.05, 3.63) is 48.3 Å². The maximum atomic E-state index is 11.7. The molecule has 6 nitrogen and oxygen atoms in total. The lowest BCUT2D eigenvalue weighted by atomic mass is 10.0. The summed E-state index contributed by atoms with van der Waals surface area (Å²) in [7, 11) is 0. The summed E-state index contributed by atoms with van der Waals surface area (Å²) in [6, 6.07) is 10.7. The summed E-state index contributed by atoms with van der Waals surface area (Å²) in [5.74, 6) is 0. The van der Waals surface area contributed by atoms with Crippen molar-refractivity contribution in [1.82, 2.24) is 20.0 Å². The molecule has 0 spiro atoms. The van der Waals surface area contributed by atoms with Gasteiger partial charge in [0.15, 0.2) is 0 Å². The number of nitrogens with zero attached hydrogens (tertiary/aromatic N) is 3. The van der Waals surface area contributed by atoms with E-state index in [2.05, 4.69) is 28.6 Å². The van der Waals surface area contributed by atoms with E-state index in [1.54, 1.807) is 11.1 Å². The number of aromatic nitrogens is 2. The van der Waals surface area contributed by atoms with E-state index in [0.29, 0.717) is 12.6 Å². The summed E-state index contributed by atoms with van der Waals surface area (Å²) in [5.41, 5.74) is 2.30. The van der Waals surface area contributed by atoms with Crippen molar-refractivity contribution >= 4 is 6.09 Å². The van der Waals surface area contributed by atoms with Gasteiger partial charge in [-0.2, -0.15) is 5.10 Å². The van der Waals surface area contributed by atoms with E-state index in [1.165, 1.54) is 5.56 Å². The van der Waals surface area contributed by atoms with Crippen LogP contribution in [0, 0.1) is 0 Å². The van der Waals surface area contributed by atoms with Crippen molar-refractivity contribution in [1.29, 1.82) is 0 Å². The van der Waals surface area contributed by atoms with E-state index >= 15 is 0 Å². The second-order valence-corrected chi connectivity index (χ2v) is 5.96. The first kappa shape index (κ1) is 16.5. The fourth-order valence-electron chi connectivity index (χ4n) is 2.97. The van der Waals surface area contributed by atoms with Crippen LogP contribution < -0.4 is 5.32 Å². The molecule has 1 fully saturated rings. The molecule has 0 bridgehead atoms. The van der Waals surface area contributed by atoms with Crippen molar-refractivity contribution in [3.63, 3.8) is 0 Å². The van der Waals surface area contributed by atoms with Crippen LogP contribution in [-0.2, 0) is 11.3 Å². The Morgan fingerprint density at radius 3 is 2.88 bits per heavy atom. The van der Waals surface area contributed by atoms with Gasteiger partial charge in [-0.1, -0.05) is 12.1 Å². The largest absolute Gasteiger partial charge is 0.450 e. The van der Waals surface area contributed by atoms with Gasteiger partial charge in [0, 0.05) is 38.1 Å². The second-order valence-electron chi connectivity index (χ2n) is 5.96. The summed E-state index contributed by atoms with van der Waals surface area (Å²) in [5, 5.41) is 7.86. The summed E-state index contributed by atoms with van der Waals surface area (Å²) in [6.07, 6.45) is 5.44.